The fraction of sp³-hybridized carbons (Fsp3) is 0.333. The van der Waals surface area contributed by atoms with E-state index in [1.165, 1.54) is 0 Å². The third-order valence-electron chi connectivity index (χ3n) is 2.09. The highest BCUT2D eigenvalue weighted by molar-refractivity contribution is 5.93. The standard InChI is InChI=1S/C12H13NO2/c1-4-15-12(14)10-6-8(2)5-9(3)11(10)7-13/h5-6H,4H2,1-3H3. The van der Waals surface area contributed by atoms with Gasteiger partial charge in [0.25, 0.3) is 0 Å². The van der Waals surface area contributed by atoms with E-state index in [1.807, 2.05) is 26.0 Å². The first-order valence-corrected chi connectivity index (χ1v) is 4.78. The maximum atomic E-state index is 11.6. The average molecular weight is 203 g/mol. The van der Waals surface area contributed by atoms with Gasteiger partial charge in [0.2, 0.25) is 0 Å². The number of hydrogen-bond acceptors (Lipinski definition) is 3. The lowest BCUT2D eigenvalue weighted by Crippen LogP contribution is -2.08. The highest BCUT2D eigenvalue weighted by Gasteiger charge is 2.14. The number of nitrogens with zero attached hydrogens (tertiary/aromatic N) is 1. The molecule has 0 unspecified atom stereocenters. The summed E-state index contributed by atoms with van der Waals surface area (Å²) in [5, 5.41) is 8.95. The molecule has 1 aromatic rings. The Bertz CT molecular complexity index is 430. The van der Waals surface area contributed by atoms with Crippen LogP contribution in [0.25, 0.3) is 0 Å². The molecule has 0 amide bonds. The van der Waals surface area contributed by atoms with E-state index in [0.29, 0.717) is 17.7 Å². The van der Waals surface area contributed by atoms with Crippen molar-refractivity contribution < 1.29 is 9.53 Å². The van der Waals surface area contributed by atoms with Gasteiger partial charge in [-0.2, -0.15) is 5.26 Å². The van der Waals surface area contributed by atoms with Crippen LogP contribution >= 0.6 is 0 Å². The highest BCUT2D eigenvalue weighted by Crippen LogP contribution is 2.17. The summed E-state index contributed by atoms with van der Waals surface area (Å²) in [6.45, 7) is 5.76. The van der Waals surface area contributed by atoms with E-state index in [4.69, 9.17) is 10.00 Å². The minimum atomic E-state index is -0.430. The largest absolute Gasteiger partial charge is 0.462 e. The second-order valence-electron chi connectivity index (χ2n) is 3.34. The summed E-state index contributed by atoms with van der Waals surface area (Å²) < 4.78 is 4.89. The number of hydrogen-bond donors (Lipinski definition) is 0. The molecular weight excluding hydrogens is 190 g/mol. The number of nitriles is 1. The van der Waals surface area contributed by atoms with Gasteiger partial charge >= 0.3 is 5.97 Å². The Morgan fingerprint density at radius 2 is 2.13 bits per heavy atom. The molecule has 3 heteroatoms. The molecule has 78 valence electrons. The Labute approximate surface area is 89.3 Å². The fourth-order valence-electron chi connectivity index (χ4n) is 1.49. The number of carbonyl (C=O) groups is 1. The summed E-state index contributed by atoms with van der Waals surface area (Å²) in [4.78, 5) is 11.6. The molecule has 0 heterocycles. The van der Waals surface area contributed by atoms with Crippen LogP contribution < -0.4 is 0 Å². The molecule has 0 radical (unpaired) electrons. The molecule has 0 aliphatic heterocycles. The molecule has 0 atom stereocenters. The summed E-state index contributed by atoms with van der Waals surface area (Å²) in [6, 6.07) is 5.59. The first-order valence-electron chi connectivity index (χ1n) is 4.78. The molecule has 15 heavy (non-hydrogen) atoms. The van der Waals surface area contributed by atoms with Crippen molar-refractivity contribution in [3.8, 4) is 6.07 Å². The molecule has 0 saturated heterocycles. The average Bonchev–Trinajstić information content (AvgIpc) is 2.17. The second kappa shape index (κ2) is 4.61. The molecule has 0 bridgehead atoms. The van der Waals surface area contributed by atoms with Crippen LogP contribution in [0.15, 0.2) is 12.1 Å². The molecule has 3 nitrogen and oxygen atoms in total. The summed E-state index contributed by atoms with van der Waals surface area (Å²) >= 11 is 0. The molecule has 0 spiro atoms. The van der Waals surface area contributed by atoms with E-state index in [9.17, 15) is 4.79 Å². The van der Waals surface area contributed by atoms with Gasteiger partial charge in [-0.1, -0.05) is 6.07 Å². The van der Waals surface area contributed by atoms with Crippen molar-refractivity contribution in [3.05, 3.63) is 34.4 Å². The van der Waals surface area contributed by atoms with Crippen LogP contribution in [0.2, 0.25) is 0 Å². The van der Waals surface area contributed by atoms with Crippen LogP contribution in [0.5, 0.6) is 0 Å². The topological polar surface area (TPSA) is 50.1 Å². The van der Waals surface area contributed by atoms with Crippen LogP contribution in [0.4, 0.5) is 0 Å². The zero-order chi connectivity index (χ0) is 11.4. The van der Waals surface area contributed by atoms with Crippen LogP contribution in [0.1, 0.15) is 34.0 Å². The maximum absolute atomic E-state index is 11.6. The monoisotopic (exact) mass is 203 g/mol. The van der Waals surface area contributed by atoms with E-state index in [1.54, 1.807) is 13.0 Å². The molecule has 0 saturated carbocycles. The fourth-order valence-corrected chi connectivity index (χ4v) is 1.49. The van der Waals surface area contributed by atoms with E-state index < -0.39 is 5.97 Å². The van der Waals surface area contributed by atoms with Gasteiger partial charge in [-0.25, -0.2) is 4.79 Å². The van der Waals surface area contributed by atoms with Crippen molar-refractivity contribution in [1.82, 2.24) is 0 Å². The Morgan fingerprint density at radius 3 is 2.67 bits per heavy atom. The number of benzene rings is 1. The van der Waals surface area contributed by atoms with Gasteiger partial charge in [0.05, 0.1) is 17.7 Å². The molecular formula is C12H13NO2. The zero-order valence-corrected chi connectivity index (χ0v) is 9.13. The molecule has 0 fully saturated rings. The number of aryl methyl sites for hydroxylation is 2. The summed E-state index contributed by atoms with van der Waals surface area (Å²) in [7, 11) is 0. The van der Waals surface area contributed by atoms with Gasteiger partial charge in [-0.15, -0.1) is 0 Å². The van der Waals surface area contributed by atoms with Crippen LogP contribution in [-0.2, 0) is 4.74 Å². The molecule has 0 aromatic heterocycles. The first-order chi connectivity index (χ1) is 7.10. The van der Waals surface area contributed by atoms with Gasteiger partial charge in [-0.05, 0) is 38.0 Å². The number of rotatable bonds is 2. The summed E-state index contributed by atoms with van der Waals surface area (Å²) in [5.74, 6) is -0.430. The Morgan fingerprint density at radius 1 is 1.47 bits per heavy atom. The Hall–Kier alpha value is -1.82. The molecule has 1 rings (SSSR count). The third kappa shape index (κ3) is 2.35. The van der Waals surface area contributed by atoms with Crippen molar-refractivity contribution >= 4 is 5.97 Å². The molecule has 0 N–H and O–H groups in total. The summed E-state index contributed by atoms with van der Waals surface area (Å²) in [6.07, 6.45) is 0. The first kappa shape index (κ1) is 11.3. The second-order valence-corrected chi connectivity index (χ2v) is 3.34. The van der Waals surface area contributed by atoms with Crippen molar-refractivity contribution in [3.63, 3.8) is 0 Å². The lowest BCUT2D eigenvalue weighted by atomic mass is 10.00. The molecule has 0 aliphatic rings. The van der Waals surface area contributed by atoms with Gasteiger partial charge in [-0.3, -0.25) is 0 Å². The third-order valence-corrected chi connectivity index (χ3v) is 2.09. The predicted octanol–water partition coefficient (Wildman–Crippen LogP) is 2.35. The van der Waals surface area contributed by atoms with E-state index in [0.717, 1.165) is 11.1 Å². The lowest BCUT2D eigenvalue weighted by Gasteiger charge is -2.07. The quantitative estimate of drug-likeness (QED) is 0.693. The molecule has 0 aliphatic carbocycles. The van der Waals surface area contributed by atoms with Gasteiger partial charge in [0.15, 0.2) is 0 Å². The van der Waals surface area contributed by atoms with Crippen LogP contribution in [0.3, 0.4) is 0 Å². The maximum Gasteiger partial charge on any atom is 0.339 e. The SMILES string of the molecule is CCOC(=O)c1cc(C)cc(C)c1C#N. The number of carbonyl (C=O) groups excluding carboxylic acids is 1. The smallest absolute Gasteiger partial charge is 0.339 e. The minimum absolute atomic E-state index is 0.316. The predicted molar refractivity (Wildman–Crippen MR) is 56.6 cm³/mol. The summed E-state index contributed by atoms with van der Waals surface area (Å²) in [5.41, 5.74) is 2.52. The Kier molecular flexibility index (Phi) is 3.46. The van der Waals surface area contributed by atoms with Crippen molar-refractivity contribution in [1.29, 1.82) is 5.26 Å². The van der Waals surface area contributed by atoms with E-state index in [2.05, 4.69) is 0 Å². The van der Waals surface area contributed by atoms with Crippen molar-refractivity contribution in [2.45, 2.75) is 20.8 Å². The van der Waals surface area contributed by atoms with Gasteiger partial charge in [0.1, 0.15) is 6.07 Å². The van der Waals surface area contributed by atoms with Gasteiger partial charge in [0, 0.05) is 0 Å². The van der Waals surface area contributed by atoms with Gasteiger partial charge < -0.3 is 4.74 Å². The van der Waals surface area contributed by atoms with Crippen molar-refractivity contribution in [2.24, 2.45) is 0 Å². The van der Waals surface area contributed by atoms with Crippen LogP contribution in [-0.4, -0.2) is 12.6 Å². The number of ether oxygens (including phenoxy) is 1. The molecule has 1 aromatic carbocycles. The van der Waals surface area contributed by atoms with E-state index >= 15 is 0 Å². The van der Waals surface area contributed by atoms with Crippen LogP contribution in [0, 0.1) is 25.2 Å². The highest BCUT2D eigenvalue weighted by atomic mass is 16.5. The van der Waals surface area contributed by atoms with E-state index in [-0.39, 0.29) is 0 Å². The normalized spacial score (nSPS) is 9.47. The Balaban J connectivity index is 3.28. The van der Waals surface area contributed by atoms with Crippen molar-refractivity contribution in [2.75, 3.05) is 6.61 Å². The number of esters is 1. The minimum Gasteiger partial charge on any atom is -0.462 e. The lowest BCUT2D eigenvalue weighted by molar-refractivity contribution is 0.0526. The zero-order valence-electron chi connectivity index (χ0n) is 9.13.